The quantitative estimate of drug-likeness (QED) is 0.834. The predicted molar refractivity (Wildman–Crippen MR) is 105 cm³/mol. The van der Waals surface area contributed by atoms with Gasteiger partial charge in [0.1, 0.15) is 11.6 Å². The van der Waals surface area contributed by atoms with Crippen LogP contribution in [0.3, 0.4) is 0 Å². The molecule has 28 heavy (non-hydrogen) atoms. The molecule has 0 atom stereocenters. The van der Waals surface area contributed by atoms with E-state index in [4.69, 9.17) is 0 Å². The van der Waals surface area contributed by atoms with Gasteiger partial charge >= 0.3 is 0 Å². The minimum Gasteiger partial charge on any atom is -0.343 e. The van der Waals surface area contributed by atoms with Crippen LogP contribution in [-0.4, -0.2) is 29.8 Å². The third-order valence-electron chi connectivity index (χ3n) is 5.37. The van der Waals surface area contributed by atoms with Crippen LogP contribution in [0.5, 0.6) is 0 Å². The molecule has 6 heteroatoms. The molecule has 1 saturated heterocycles. The van der Waals surface area contributed by atoms with Gasteiger partial charge in [0.25, 0.3) is 0 Å². The molecule has 148 valence electrons. The average Bonchev–Trinajstić information content (AvgIpc) is 2.61. The van der Waals surface area contributed by atoms with Crippen molar-refractivity contribution in [2.45, 2.75) is 33.1 Å². The van der Waals surface area contributed by atoms with Crippen molar-refractivity contribution in [2.24, 2.45) is 5.41 Å². The van der Waals surface area contributed by atoms with Gasteiger partial charge < -0.3 is 10.2 Å². The molecule has 1 heterocycles. The van der Waals surface area contributed by atoms with Crippen molar-refractivity contribution in [2.75, 3.05) is 18.4 Å². The van der Waals surface area contributed by atoms with Gasteiger partial charge in [0.2, 0.25) is 11.8 Å². The van der Waals surface area contributed by atoms with Gasteiger partial charge in [-0.3, -0.25) is 9.59 Å². The number of carbonyl (C=O) groups is 2. The molecule has 2 aromatic carbocycles. The highest BCUT2D eigenvalue weighted by atomic mass is 19.1. The molecule has 1 aliphatic heterocycles. The number of hydrogen-bond acceptors (Lipinski definition) is 2. The molecule has 0 unspecified atom stereocenters. The molecule has 0 aromatic heterocycles. The number of halogens is 2. The first-order valence-corrected chi connectivity index (χ1v) is 9.36. The Bertz CT molecular complexity index is 852. The van der Waals surface area contributed by atoms with Crippen LogP contribution in [0.2, 0.25) is 0 Å². The maximum absolute atomic E-state index is 13.4. The summed E-state index contributed by atoms with van der Waals surface area (Å²) in [5, 5.41) is 2.88. The molecular weight excluding hydrogens is 362 g/mol. The zero-order valence-electron chi connectivity index (χ0n) is 16.1. The van der Waals surface area contributed by atoms with Gasteiger partial charge in [-0.25, -0.2) is 8.78 Å². The van der Waals surface area contributed by atoms with E-state index in [0.29, 0.717) is 36.3 Å². The largest absolute Gasteiger partial charge is 0.343 e. The van der Waals surface area contributed by atoms with Crippen LogP contribution in [-0.2, 0) is 9.59 Å². The lowest BCUT2D eigenvalue weighted by Crippen LogP contribution is -2.42. The van der Waals surface area contributed by atoms with E-state index in [1.165, 1.54) is 12.1 Å². The Morgan fingerprint density at radius 2 is 1.57 bits per heavy atom. The van der Waals surface area contributed by atoms with E-state index in [1.54, 1.807) is 31.2 Å². The summed E-state index contributed by atoms with van der Waals surface area (Å²) < 4.78 is 26.7. The molecule has 1 N–H and O–H groups in total. The highest BCUT2D eigenvalue weighted by Crippen LogP contribution is 2.34. The minimum atomic E-state index is -0.628. The van der Waals surface area contributed by atoms with Crippen LogP contribution in [0.25, 0.3) is 11.1 Å². The summed E-state index contributed by atoms with van der Waals surface area (Å²) in [6.07, 6.45) is 1.98. The van der Waals surface area contributed by atoms with Crippen molar-refractivity contribution in [3.63, 3.8) is 0 Å². The fourth-order valence-corrected chi connectivity index (χ4v) is 3.60. The number of hydrogen-bond donors (Lipinski definition) is 1. The summed E-state index contributed by atoms with van der Waals surface area (Å²) in [4.78, 5) is 25.7. The number of amides is 2. The molecule has 0 spiro atoms. The maximum atomic E-state index is 13.4. The zero-order chi connectivity index (χ0) is 20.3. The number of nitrogens with one attached hydrogen (secondary N) is 1. The van der Waals surface area contributed by atoms with Crippen LogP contribution in [0, 0.1) is 17.0 Å². The predicted octanol–water partition coefficient (Wildman–Crippen LogP) is 4.61. The van der Waals surface area contributed by atoms with Gasteiger partial charge in [0, 0.05) is 38.2 Å². The highest BCUT2D eigenvalue weighted by Gasteiger charge is 2.32. The Balaban J connectivity index is 1.59. The third-order valence-corrected chi connectivity index (χ3v) is 5.37. The molecule has 3 rings (SSSR count). The summed E-state index contributed by atoms with van der Waals surface area (Å²) in [6, 6.07) is 10.2. The van der Waals surface area contributed by atoms with Crippen LogP contribution < -0.4 is 5.32 Å². The second kappa shape index (κ2) is 8.09. The topological polar surface area (TPSA) is 49.4 Å². The van der Waals surface area contributed by atoms with Crippen molar-refractivity contribution in [3.8, 4) is 11.1 Å². The summed E-state index contributed by atoms with van der Waals surface area (Å²) in [5.74, 6) is -1.26. The number of carbonyl (C=O) groups excluding carboxylic acids is 2. The first-order chi connectivity index (χ1) is 13.2. The van der Waals surface area contributed by atoms with E-state index in [1.807, 2.05) is 4.90 Å². The molecule has 0 saturated carbocycles. The molecule has 0 radical (unpaired) electrons. The van der Waals surface area contributed by atoms with E-state index in [0.717, 1.165) is 18.9 Å². The van der Waals surface area contributed by atoms with Crippen molar-refractivity contribution in [3.05, 3.63) is 54.1 Å². The van der Waals surface area contributed by atoms with Crippen molar-refractivity contribution >= 4 is 17.5 Å². The summed E-state index contributed by atoms with van der Waals surface area (Å²) in [7, 11) is 0. The second-order valence-electron chi connectivity index (χ2n) is 7.78. The molecule has 1 fully saturated rings. The van der Waals surface area contributed by atoms with E-state index in [9.17, 15) is 18.4 Å². The Hall–Kier alpha value is -2.76. The van der Waals surface area contributed by atoms with E-state index < -0.39 is 11.6 Å². The van der Waals surface area contributed by atoms with Crippen molar-refractivity contribution in [1.29, 1.82) is 0 Å². The smallest absolute Gasteiger partial charge is 0.224 e. The highest BCUT2D eigenvalue weighted by molar-refractivity contribution is 5.91. The van der Waals surface area contributed by atoms with Crippen LogP contribution in [0.4, 0.5) is 14.5 Å². The number of benzene rings is 2. The Labute approximate surface area is 163 Å². The summed E-state index contributed by atoms with van der Waals surface area (Å²) >= 11 is 0. The molecule has 2 amide bonds. The molecule has 4 nitrogen and oxygen atoms in total. The zero-order valence-corrected chi connectivity index (χ0v) is 16.1. The van der Waals surface area contributed by atoms with Crippen LogP contribution in [0.15, 0.2) is 42.5 Å². The number of rotatable bonds is 4. The van der Waals surface area contributed by atoms with Gasteiger partial charge in [-0.1, -0.05) is 19.1 Å². The first kappa shape index (κ1) is 20.0. The number of nitrogens with zero attached hydrogens (tertiary/aromatic N) is 1. The normalized spacial score (nSPS) is 15.9. The Kier molecular flexibility index (Phi) is 5.77. The lowest BCUT2D eigenvalue weighted by Gasteiger charge is -2.38. The number of likely N-dealkylation sites (tertiary alicyclic amines) is 1. The molecule has 0 bridgehead atoms. The SMILES string of the molecule is CC(=O)N1CCC(C)(CC(=O)Nc2ccc(-c3cc(F)cc(F)c3)cc2)CC1. The maximum Gasteiger partial charge on any atom is 0.224 e. The summed E-state index contributed by atoms with van der Waals surface area (Å²) in [6.45, 7) is 5.00. The van der Waals surface area contributed by atoms with Gasteiger partial charge in [-0.05, 0) is 53.6 Å². The molecule has 1 aliphatic rings. The van der Waals surface area contributed by atoms with Gasteiger partial charge in [-0.15, -0.1) is 0 Å². The van der Waals surface area contributed by atoms with Gasteiger partial charge in [-0.2, -0.15) is 0 Å². The lowest BCUT2D eigenvalue weighted by molar-refractivity contribution is -0.131. The Morgan fingerprint density at radius 1 is 1.00 bits per heavy atom. The Morgan fingerprint density at radius 3 is 2.11 bits per heavy atom. The van der Waals surface area contributed by atoms with Crippen LogP contribution >= 0.6 is 0 Å². The molecule has 2 aromatic rings. The van der Waals surface area contributed by atoms with Crippen molar-refractivity contribution in [1.82, 2.24) is 4.90 Å². The molecule has 0 aliphatic carbocycles. The van der Waals surface area contributed by atoms with E-state index in [-0.39, 0.29) is 17.2 Å². The fraction of sp³-hybridized carbons (Fsp3) is 0.364. The monoisotopic (exact) mass is 386 g/mol. The lowest BCUT2D eigenvalue weighted by atomic mass is 9.77. The number of anilines is 1. The van der Waals surface area contributed by atoms with E-state index >= 15 is 0 Å². The van der Waals surface area contributed by atoms with Gasteiger partial charge in [0.05, 0.1) is 0 Å². The van der Waals surface area contributed by atoms with Crippen LogP contribution in [0.1, 0.15) is 33.1 Å². The fourth-order valence-electron chi connectivity index (χ4n) is 3.60. The average molecular weight is 386 g/mol. The standard InChI is InChI=1S/C22H24F2N2O2/c1-15(27)26-9-7-22(2,8-10-26)14-21(28)25-20-5-3-16(4-6-20)17-11-18(23)13-19(24)12-17/h3-6,11-13H,7-10,14H2,1-2H3,(H,25,28). The minimum absolute atomic E-state index is 0.0739. The first-order valence-electron chi connectivity index (χ1n) is 9.36. The summed E-state index contributed by atoms with van der Waals surface area (Å²) in [5.41, 5.74) is 1.62. The van der Waals surface area contributed by atoms with Crippen molar-refractivity contribution < 1.29 is 18.4 Å². The third kappa shape index (κ3) is 4.94. The van der Waals surface area contributed by atoms with E-state index in [2.05, 4.69) is 12.2 Å². The van der Waals surface area contributed by atoms with Gasteiger partial charge in [0.15, 0.2) is 0 Å². The molecular formula is C22H24F2N2O2. The number of piperidine rings is 1. The second-order valence-corrected chi connectivity index (χ2v) is 7.78.